The lowest BCUT2D eigenvalue weighted by Crippen LogP contribution is -2.63. The average Bonchev–Trinajstić information content (AvgIpc) is 2.22. The highest BCUT2D eigenvalue weighted by Crippen LogP contribution is 2.13. The maximum atomic E-state index is 11.7. The van der Waals surface area contributed by atoms with Crippen molar-refractivity contribution in [3.05, 3.63) is 11.8 Å². The minimum Gasteiger partial charge on any atom is -0.504 e. The fourth-order valence-corrected chi connectivity index (χ4v) is 1.76. The Morgan fingerprint density at radius 1 is 1.44 bits per heavy atom. The molecular formula is C9H10N3O4+. The second-order valence-electron chi connectivity index (χ2n) is 3.60. The summed E-state index contributed by atoms with van der Waals surface area (Å²) in [5.74, 6) is -1.48. The Labute approximate surface area is 90.7 Å². The van der Waals surface area contributed by atoms with Gasteiger partial charge in [0.25, 0.3) is 0 Å². The van der Waals surface area contributed by atoms with Gasteiger partial charge >= 0.3 is 11.9 Å². The maximum absolute atomic E-state index is 11.7. The molecule has 0 aliphatic carbocycles. The Hall–Kier alpha value is -2.18. The molecule has 7 nitrogen and oxygen atoms in total. The van der Waals surface area contributed by atoms with E-state index in [4.69, 9.17) is 0 Å². The van der Waals surface area contributed by atoms with Crippen molar-refractivity contribution in [1.82, 2.24) is 10.2 Å². The fraction of sp³-hybridized carbons (Fsp3) is 0.333. The van der Waals surface area contributed by atoms with Gasteiger partial charge in [-0.05, 0) is 0 Å². The van der Waals surface area contributed by atoms with Gasteiger partial charge in [-0.3, -0.25) is 4.79 Å². The summed E-state index contributed by atoms with van der Waals surface area (Å²) in [5.41, 5.74) is 0.104. The van der Waals surface area contributed by atoms with Gasteiger partial charge in [0, 0.05) is 6.08 Å². The van der Waals surface area contributed by atoms with Crippen LogP contribution in [0.2, 0.25) is 0 Å². The standard InChI is InChI=1S/C9H9N3O4/c1-11-7-4(13)3-5(14)10-6(7)8(15)12(2)9(11)16/h3,6H,1-2H3,(H-,10,13,14)/p+1. The van der Waals surface area contributed by atoms with Gasteiger partial charge in [-0.25, -0.2) is 4.79 Å². The lowest BCUT2D eigenvalue weighted by molar-refractivity contribution is -0.406. The first-order valence-electron chi connectivity index (χ1n) is 4.57. The number of imide groups is 1. The minimum absolute atomic E-state index is 0.104. The molecule has 1 unspecified atom stereocenters. The lowest BCUT2D eigenvalue weighted by Gasteiger charge is -2.27. The summed E-state index contributed by atoms with van der Waals surface area (Å²) < 4.78 is 1.14. The molecule has 2 N–H and O–H groups in total. The first-order valence-corrected chi connectivity index (χ1v) is 4.57. The predicted molar refractivity (Wildman–Crippen MR) is 52.0 cm³/mol. The third-order valence-corrected chi connectivity index (χ3v) is 2.60. The van der Waals surface area contributed by atoms with E-state index < -0.39 is 23.9 Å². The number of fused-ring (bicyclic) bond motifs is 1. The molecule has 84 valence electrons. The lowest BCUT2D eigenvalue weighted by atomic mass is 10.0. The predicted octanol–water partition coefficient (Wildman–Crippen LogP) is -1.40. The molecule has 0 aromatic rings. The second-order valence-corrected chi connectivity index (χ2v) is 3.60. The van der Waals surface area contributed by atoms with Crippen LogP contribution >= 0.6 is 0 Å². The van der Waals surface area contributed by atoms with Crippen molar-refractivity contribution in [2.75, 3.05) is 14.1 Å². The first-order chi connectivity index (χ1) is 7.43. The summed E-state index contributed by atoms with van der Waals surface area (Å²) in [6.45, 7) is 0. The molecule has 0 aromatic carbocycles. The molecule has 2 rings (SSSR count). The molecule has 0 saturated heterocycles. The molecule has 2 heterocycles. The number of aliphatic hydroxyl groups is 1. The number of carbonyl (C=O) groups excluding carboxylic acids is 3. The molecular weight excluding hydrogens is 214 g/mol. The number of carbonyl (C=O) groups is 3. The monoisotopic (exact) mass is 224 g/mol. The minimum atomic E-state index is -0.995. The van der Waals surface area contributed by atoms with Gasteiger partial charge in [0.2, 0.25) is 5.91 Å². The van der Waals surface area contributed by atoms with E-state index in [9.17, 15) is 19.5 Å². The number of aliphatic hydroxyl groups excluding tert-OH is 1. The topological polar surface area (TPSA) is 89.7 Å². The molecule has 0 saturated carbocycles. The molecule has 1 atom stereocenters. The van der Waals surface area contributed by atoms with Crippen LogP contribution in [0.4, 0.5) is 4.79 Å². The van der Waals surface area contributed by atoms with Crippen LogP contribution in [0.15, 0.2) is 11.8 Å². The van der Waals surface area contributed by atoms with Crippen LogP contribution in [0.5, 0.6) is 0 Å². The van der Waals surface area contributed by atoms with Crippen LogP contribution in [0.25, 0.3) is 0 Å². The number of likely N-dealkylation sites (N-methyl/N-ethyl adjacent to an activating group) is 1. The zero-order valence-electron chi connectivity index (χ0n) is 8.72. The van der Waals surface area contributed by atoms with Crippen molar-refractivity contribution in [1.29, 1.82) is 0 Å². The Balaban J connectivity index is 2.63. The summed E-state index contributed by atoms with van der Waals surface area (Å²) >= 11 is 0. The number of nitrogens with zero attached hydrogens (tertiary/aromatic N) is 2. The summed E-state index contributed by atoms with van der Waals surface area (Å²) in [6, 6.07) is -1.54. The van der Waals surface area contributed by atoms with Crippen molar-refractivity contribution < 1.29 is 24.1 Å². The molecule has 0 fully saturated rings. The third-order valence-electron chi connectivity index (χ3n) is 2.60. The number of rotatable bonds is 0. The van der Waals surface area contributed by atoms with Gasteiger partial charge < -0.3 is 10.4 Å². The van der Waals surface area contributed by atoms with Crippen LogP contribution in [0, 0.1) is 0 Å². The SMILES string of the molecule is CN1C(=O)C2NC(=O)C=C(O)C2=[N+](C)C1=O. The summed E-state index contributed by atoms with van der Waals surface area (Å²) in [4.78, 5) is 35.3. The molecule has 2 aliphatic rings. The van der Waals surface area contributed by atoms with E-state index in [0.29, 0.717) is 0 Å². The molecule has 0 bridgehead atoms. The van der Waals surface area contributed by atoms with E-state index in [2.05, 4.69) is 5.32 Å². The normalized spacial score (nSPS) is 25.4. The van der Waals surface area contributed by atoms with Crippen molar-refractivity contribution in [2.45, 2.75) is 6.04 Å². The Bertz CT molecular complexity index is 477. The highest BCUT2D eigenvalue weighted by atomic mass is 16.3. The van der Waals surface area contributed by atoms with E-state index in [1.165, 1.54) is 14.1 Å². The number of hydrogen-bond donors (Lipinski definition) is 2. The third kappa shape index (κ3) is 1.21. The van der Waals surface area contributed by atoms with E-state index in [0.717, 1.165) is 15.6 Å². The van der Waals surface area contributed by atoms with E-state index in [1.54, 1.807) is 0 Å². The van der Waals surface area contributed by atoms with Crippen LogP contribution in [0.1, 0.15) is 0 Å². The van der Waals surface area contributed by atoms with Crippen molar-refractivity contribution in [3.8, 4) is 0 Å². The Kier molecular flexibility index (Phi) is 2.04. The molecule has 0 radical (unpaired) electrons. The molecule has 0 aromatic heterocycles. The summed E-state index contributed by atoms with van der Waals surface area (Å²) in [6.07, 6.45) is 0.939. The molecule has 4 amide bonds. The molecule has 0 spiro atoms. The Morgan fingerprint density at radius 3 is 2.69 bits per heavy atom. The van der Waals surface area contributed by atoms with Crippen LogP contribution in [-0.4, -0.2) is 58.3 Å². The Morgan fingerprint density at radius 2 is 2.06 bits per heavy atom. The van der Waals surface area contributed by atoms with Crippen molar-refractivity contribution in [2.24, 2.45) is 0 Å². The van der Waals surface area contributed by atoms with Crippen LogP contribution < -0.4 is 5.32 Å². The maximum Gasteiger partial charge on any atom is 0.500 e. The highest BCUT2D eigenvalue weighted by molar-refractivity contribution is 6.23. The average molecular weight is 224 g/mol. The van der Waals surface area contributed by atoms with Gasteiger partial charge in [0.1, 0.15) is 0 Å². The van der Waals surface area contributed by atoms with Gasteiger partial charge in [-0.15, -0.1) is 0 Å². The zero-order valence-corrected chi connectivity index (χ0v) is 8.72. The quantitative estimate of drug-likeness (QED) is 0.495. The fourth-order valence-electron chi connectivity index (χ4n) is 1.76. The van der Waals surface area contributed by atoms with Gasteiger partial charge in [-0.1, -0.05) is 0 Å². The second kappa shape index (κ2) is 3.16. The van der Waals surface area contributed by atoms with Crippen molar-refractivity contribution in [3.63, 3.8) is 0 Å². The largest absolute Gasteiger partial charge is 0.504 e. The smallest absolute Gasteiger partial charge is 0.500 e. The van der Waals surface area contributed by atoms with Gasteiger partial charge in [0.15, 0.2) is 17.5 Å². The van der Waals surface area contributed by atoms with E-state index >= 15 is 0 Å². The number of amides is 4. The molecule has 16 heavy (non-hydrogen) atoms. The van der Waals surface area contributed by atoms with Crippen molar-refractivity contribution >= 4 is 23.6 Å². The zero-order chi connectivity index (χ0) is 12.0. The molecule has 7 heteroatoms. The summed E-state index contributed by atoms with van der Waals surface area (Å²) in [5, 5.41) is 11.9. The van der Waals surface area contributed by atoms with E-state index in [-0.39, 0.29) is 11.5 Å². The highest BCUT2D eigenvalue weighted by Gasteiger charge is 2.48. The number of urea groups is 1. The number of nitrogens with one attached hydrogen (secondary N) is 1. The van der Waals surface area contributed by atoms with E-state index in [1.807, 2.05) is 0 Å². The number of hydrogen-bond acceptors (Lipinski definition) is 4. The van der Waals surface area contributed by atoms with Gasteiger partial charge in [0.05, 0.1) is 14.1 Å². The van der Waals surface area contributed by atoms with Crippen LogP contribution in [0.3, 0.4) is 0 Å². The first kappa shape index (κ1) is 10.3. The molecule has 2 aliphatic heterocycles. The summed E-state index contributed by atoms with van der Waals surface area (Å²) in [7, 11) is 2.74. The van der Waals surface area contributed by atoms with Gasteiger partial charge in [-0.2, -0.15) is 14.3 Å². The van der Waals surface area contributed by atoms with Crippen LogP contribution in [-0.2, 0) is 9.59 Å².